The third kappa shape index (κ3) is 3.92. The van der Waals surface area contributed by atoms with E-state index in [1.165, 1.54) is 18.2 Å². The minimum absolute atomic E-state index is 0.0425. The standard InChI is InChI=1S/C15H15ClFN3O/c1-2-8-18-10-6-7-13(19-9-10)15(21)20-14-11(16)4-3-5-12(14)17/h3-7,9,18H,2,8H2,1H3,(H,20,21). The number of rotatable bonds is 5. The molecular weight excluding hydrogens is 293 g/mol. The number of hydrogen-bond acceptors (Lipinski definition) is 3. The van der Waals surface area contributed by atoms with Gasteiger partial charge in [0.05, 0.1) is 22.6 Å². The first kappa shape index (κ1) is 15.3. The van der Waals surface area contributed by atoms with Crippen molar-refractivity contribution >= 4 is 28.9 Å². The molecule has 6 heteroatoms. The molecule has 2 aromatic rings. The summed E-state index contributed by atoms with van der Waals surface area (Å²) in [5, 5.41) is 5.72. The molecule has 1 heterocycles. The molecule has 2 rings (SSSR count). The van der Waals surface area contributed by atoms with Crippen LogP contribution in [-0.2, 0) is 0 Å². The molecule has 110 valence electrons. The highest BCUT2D eigenvalue weighted by atomic mass is 35.5. The molecule has 0 atom stereocenters. The lowest BCUT2D eigenvalue weighted by molar-refractivity contribution is 0.102. The molecule has 0 radical (unpaired) electrons. The van der Waals surface area contributed by atoms with E-state index in [2.05, 4.69) is 22.5 Å². The van der Waals surface area contributed by atoms with Gasteiger partial charge in [-0.05, 0) is 30.7 Å². The number of aromatic nitrogens is 1. The van der Waals surface area contributed by atoms with Gasteiger partial charge in [0.1, 0.15) is 11.5 Å². The molecule has 0 aliphatic carbocycles. The number of para-hydroxylation sites is 1. The summed E-state index contributed by atoms with van der Waals surface area (Å²) >= 11 is 5.86. The van der Waals surface area contributed by atoms with Crippen molar-refractivity contribution in [3.63, 3.8) is 0 Å². The zero-order valence-corrected chi connectivity index (χ0v) is 12.2. The molecule has 1 amide bonds. The van der Waals surface area contributed by atoms with Crippen molar-refractivity contribution in [2.45, 2.75) is 13.3 Å². The molecule has 0 bridgehead atoms. The van der Waals surface area contributed by atoms with Gasteiger partial charge >= 0.3 is 0 Å². The van der Waals surface area contributed by atoms with E-state index < -0.39 is 11.7 Å². The first-order chi connectivity index (χ1) is 10.1. The summed E-state index contributed by atoms with van der Waals surface area (Å²) in [6.45, 7) is 2.89. The van der Waals surface area contributed by atoms with Gasteiger partial charge in [0.2, 0.25) is 0 Å². The van der Waals surface area contributed by atoms with Gasteiger partial charge < -0.3 is 10.6 Å². The highest BCUT2D eigenvalue weighted by Crippen LogP contribution is 2.25. The van der Waals surface area contributed by atoms with Gasteiger partial charge in [-0.25, -0.2) is 9.37 Å². The summed E-state index contributed by atoms with van der Waals surface area (Å²) in [4.78, 5) is 16.1. The fraction of sp³-hybridized carbons (Fsp3) is 0.200. The Labute approximate surface area is 127 Å². The normalized spacial score (nSPS) is 10.2. The first-order valence-electron chi connectivity index (χ1n) is 6.57. The van der Waals surface area contributed by atoms with Gasteiger partial charge in [-0.2, -0.15) is 0 Å². The Kier molecular flexibility index (Phi) is 5.11. The number of carbonyl (C=O) groups is 1. The van der Waals surface area contributed by atoms with Crippen molar-refractivity contribution < 1.29 is 9.18 Å². The van der Waals surface area contributed by atoms with Crippen LogP contribution in [0.25, 0.3) is 0 Å². The van der Waals surface area contributed by atoms with Gasteiger partial charge in [0, 0.05) is 6.54 Å². The molecule has 0 aliphatic rings. The number of benzene rings is 1. The largest absolute Gasteiger partial charge is 0.384 e. The smallest absolute Gasteiger partial charge is 0.274 e. The van der Waals surface area contributed by atoms with E-state index in [1.54, 1.807) is 18.3 Å². The van der Waals surface area contributed by atoms with E-state index in [0.717, 1.165) is 18.7 Å². The number of nitrogens with zero attached hydrogens (tertiary/aromatic N) is 1. The van der Waals surface area contributed by atoms with Crippen LogP contribution in [0.4, 0.5) is 15.8 Å². The first-order valence-corrected chi connectivity index (χ1v) is 6.95. The molecule has 0 unspecified atom stereocenters. The summed E-state index contributed by atoms with van der Waals surface area (Å²) in [5.74, 6) is -1.10. The van der Waals surface area contributed by atoms with E-state index >= 15 is 0 Å². The third-order valence-electron chi connectivity index (χ3n) is 2.78. The molecular formula is C15H15ClFN3O. The van der Waals surface area contributed by atoms with Crippen LogP contribution in [0.1, 0.15) is 23.8 Å². The number of nitrogens with one attached hydrogen (secondary N) is 2. The lowest BCUT2D eigenvalue weighted by Gasteiger charge is -2.08. The monoisotopic (exact) mass is 307 g/mol. The third-order valence-corrected chi connectivity index (χ3v) is 3.09. The minimum Gasteiger partial charge on any atom is -0.384 e. The van der Waals surface area contributed by atoms with E-state index in [0.29, 0.717) is 0 Å². The Hall–Kier alpha value is -2.14. The number of amides is 1. The summed E-state index contributed by atoms with van der Waals surface area (Å²) in [5.41, 5.74) is 0.979. The van der Waals surface area contributed by atoms with Crippen LogP contribution in [0.3, 0.4) is 0 Å². The van der Waals surface area contributed by atoms with Crippen molar-refractivity contribution in [3.05, 3.63) is 53.1 Å². The Bertz CT molecular complexity index is 611. The molecule has 1 aromatic heterocycles. The topological polar surface area (TPSA) is 54.0 Å². The average Bonchev–Trinajstić information content (AvgIpc) is 2.49. The van der Waals surface area contributed by atoms with E-state index in [9.17, 15) is 9.18 Å². The Morgan fingerprint density at radius 3 is 2.76 bits per heavy atom. The van der Waals surface area contributed by atoms with Crippen molar-refractivity contribution in [2.75, 3.05) is 17.2 Å². The van der Waals surface area contributed by atoms with Crippen molar-refractivity contribution in [1.82, 2.24) is 4.98 Å². The van der Waals surface area contributed by atoms with Crippen LogP contribution >= 0.6 is 11.6 Å². The molecule has 0 saturated carbocycles. The molecule has 2 N–H and O–H groups in total. The predicted molar refractivity (Wildman–Crippen MR) is 82.4 cm³/mol. The maximum absolute atomic E-state index is 13.6. The second-order valence-corrected chi connectivity index (χ2v) is 4.82. The maximum Gasteiger partial charge on any atom is 0.274 e. The van der Waals surface area contributed by atoms with Crippen molar-refractivity contribution in [1.29, 1.82) is 0 Å². The van der Waals surface area contributed by atoms with Crippen LogP contribution in [-0.4, -0.2) is 17.4 Å². The van der Waals surface area contributed by atoms with Crippen LogP contribution in [0.2, 0.25) is 5.02 Å². The zero-order chi connectivity index (χ0) is 15.2. The van der Waals surface area contributed by atoms with Gasteiger partial charge in [0.15, 0.2) is 0 Å². The number of pyridine rings is 1. The highest BCUT2D eigenvalue weighted by Gasteiger charge is 2.13. The van der Waals surface area contributed by atoms with Gasteiger partial charge in [-0.15, -0.1) is 0 Å². The minimum atomic E-state index is -0.586. The Balaban J connectivity index is 2.10. The average molecular weight is 308 g/mol. The summed E-state index contributed by atoms with van der Waals surface area (Å²) in [6, 6.07) is 7.53. The summed E-state index contributed by atoms with van der Waals surface area (Å²) < 4.78 is 13.6. The fourth-order valence-electron chi connectivity index (χ4n) is 1.70. The highest BCUT2D eigenvalue weighted by molar-refractivity contribution is 6.33. The summed E-state index contributed by atoms with van der Waals surface area (Å²) in [6.07, 6.45) is 2.56. The quantitative estimate of drug-likeness (QED) is 0.879. The van der Waals surface area contributed by atoms with Gasteiger partial charge in [0.25, 0.3) is 5.91 Å². The fourth-order valence-corrected chi connectivity index (χ4v) is 1.91. The van der Waals surface area contributed by atoms with Crippen molar-refractivity contribution in [3.8, 4) is 0 Å². The summed E-state index contributed by atoms with van der Waals surface area (Å²) in [7, 11) is 0. The van der Waals surface area contributed by atoms with Crippen LogP contribution < -0.4 is 10.6 Å². The van der Waals surface area contributed by atoms with Gasteiger partial charge in [-0.1, -0.05) is 24.6 Å². The predicted octanol–water partition coefficient (Wildman–Crippen LogP) is 3.95. The lowest BCUT2D eigenvalue weighted by Crippen LogP contribution is -2.15. The van der Waals surface area contributed by atoms with E-state index in [4.69, 9.17) is 11.6 Å². The second kappa shape index (κ2) is 7.04. The Morgan fingerprint density at radius 1 is 1.33 bits per heavy atom. The lowest BCUT2D eigenvalue weighted by atomic mass is 10.2. The molecule has 0 spiro atoms. The zero-order valence-electron chi connectivity index (χ0n) is 11.5. The van der Waals surface area contributed by atoms with Crippen LogP contribution in [0, 0.1) is 5.82 Å². The molecule has 0 fully saturated rings. The van der Waals surface area contributed by atoms with E-state index in [1.807, 2.05) is 0 Å². The number of anilines is 2. The molecule has 4 nitrogen and oxygen atoms in total. The molecule has 0 aliphatic heterocycles. The number of halogens is 2. The molecule has 1 aromatic carbocycles. The van der Waals surface area contributed by atoms with Crippen molar-refractivity contribution in [2.24, 2.45) is 0 Å². The molecule has 21 heavy (non-hydrogen) atoms. The Morgan fingerprint density at radius 2 is 2.14 bits per heavy atom. The number of carbonyl (C=O) groups excluding carboxylic acids is 1. The van der Waals surface area contributed by atoms with Gasteiger partial charge in [-0.3, -0.25) is 4.79 Å². The SMILES string of the molecule is CCCNc1ccc(C(=O)Nc2c(F)cccc2Cl)nc1. The molecule has 0 saturated heterocycles. The van der Waals surface area contributed by atoms with E-state index in [-0.39, 0.29) is 16.4 Å². The second-order valence-electron chi connectivity index (χ2n) is 4.41. The maximum atomic E-state index is 13.6. The van der Waals surface area contributed by atoms with Crippen LogP contribution in [0.15, 0.2) is 36.5 Å². The number of hydrogen-bond donors (Lipinski definition) is 2. The van der Waals surface area contributed by atoms with Crippen LogP contribution in [0.5, 0.6) is 0 Å².